The Labute approximate surface area is 215 Å². The normalized spacial score (nSPS) is 31.7. The minimum absolute atomic E-state index is 0.0628. The SMILES string of the molecule is O=C(CC1([C@H]2CCC[C@@H](C3CC3)N2S(=O)(=O)c2ccc(Cl)cc2)CC1)N1CCN2CCCC[C@H]2C1. The van der Waals surface area contributed by atoms with E-state index in [0.717, 1.165) is 64.6 Å². The molecule has 192 valence electrons. The Morgan fingerprint density at radius 3 is 2.43 bits per heavy atom. The highest BCUT2D eigenvalue weighted by molar-refractivity contribution is 7.89. The van der Waals surface area contributed by atoms with Crippen molar-refractivity contribution in [3.05, 3.63) is 29.3 Å². The summed E-state index contributed by atoms with van der Waals surface area (Å²) in [4.78, 5) is 18.6. The lowest BCUT2D eigenvalue weighted by Gasteiger charge is -2.46. The van der Waals surface area contributed by atoms with Crippen molar-refractivity contribution in [2.24, 2.45) is 11.3 Å². The van der Waals surface area contributed by atoms with Gasteiger partial charge < -0.3 is 4.90 Å². The van der Waals surface area contributed by atoms with Gasteiger partial charge in [-0.1, -0.05) is 24.4 Å². The summed E-state index contributed by atoms with van der Waals surface area (Å²) in [6.45, 7) is 3.80. The predicted octanol–water partition coefficient (Wildman–Crippen LogP) is 4.53. The van der Waals surface area contributed by atoms with E-state index in [-0.39, 0.29) is 23.4 Å². The average Bonchev–Trinajstić information content (AvgIpc) is 3.79. The van der Waals surface area contributed by atoms with Crippen molar-refractivity contribution in [1.29, 1.82) is 0 Å². The molecule has 0 unspecified atom stereocenters. The van der Waals surface area contributed by atoms with Crippen molar-refractivity contribution in [3.8, 4) is 0 Å². The van der Waals surface area contributed by atoms with Crippen LogP contribution in [-0.2, 0) is 14.8 Å². The topological polar surface area (TPSA) is 60.9 Å². The molecule has 35 heavy (non-hydrogen) atoms. The number of halogens is 1. The average molecular weight is 520 g/mol. The van der Waals surface area contributed by atoms with E-state index in [4.69, 9.17) is 11.6 Å². The van der Waals surface area contributed by atoms with Gasteiger partial charge in [0, 0.05) is 49.2 Å². The minimum Gasteiger partial charge on any atom is -0.340 e. The summed E-state index contributed by atoms with van der Waals surface area (Å²) in [6.07, 6.45) is 11.2. The molecule has 0 N–H and O–H groups in total. The maximum atomic E-state index is 14.1. The number of benzene rings is 1. The van der Waals surface area contributed by atoms with Crippen molar-refractivity contribution >= 4 is 27.5 Å². The number of sulfonamides is 1. The number of carbonyl (C=O) groups excluding carboxylic acids is 1. The number of rotatable bonds is 6. The van der Waals surface area contributed by atoms with Crippen LogP contribution in [0.15, 0.2) is 29.2 Å². The van der Waals surface area contributed by atoms with Gasteiger partial charge in [0.15, 0.2) is 0 Å². The maximum Gasteiger partial charge on any atom is 0.243 e. The molecule has 6 nitrogen and oxygen atoms in total. The molecule has 5 fully saturated rings. The van der Waals surface area contributed by atoms with Crippen LogP contribution in [0.3, 0.4) is 0 Å². The number of amides is 1. The molecule has 3 aliphatic heterocycles. The van der Waals surface area contributed by atoms with Gasteiger partial charge in [-0.15, -0.1) is 0 Å². The van der Waals surface area contributed by atoms with Gasteiger partial charge in [0.1, 0.15) is 0 Å². The van der Waals surface area contributed by atoms with Crippen molar-refractivity contribution in [2.75, 3.05) is 26.2 Å². The third kappa shape index (κ3) is 4.67. The molecule has 0 aromatic heterocycles. The molecule has 8 heteroatoms. The lowest BCUT2D eigenvalue weighted by atomic mass is 9.83. The molecule has 0 radical (unpaired) electrons. The summed E-state index contributed by atoms with van der Waals surface area (Å²) in [5.41, 5.74) is -0.201. The molecule has 2 saturated carbocycles. The molecule has 3 saturated heterocycles. The fourth-order valence-corrected chi connectivity index (χ4v) is 9.31. The molecule has 3 heterocycles. The monoisotopic (exact) mass is 519 g/mol. The Balaban J connectivity index is 1.24. The third-order valence-corrected chi connectivity index (χ3v) is 11.7. The highest BCUT2D eigenvalue weighted by atomic mass is 35.5. The number of hydrogen-bond acceptors (Lipinski definition) is 4. The van der Waals surface area contributed by atoms with E-state index in [2.05, 4.69) is 9.80 Å². The lowest BCUT2D eigenvalue weighted by molar-refractivity contribution is -0.136. The van der Waals surface area contributed by atoms with Crippen LogP contribution >= 0.6 is 11.6 Å². The van der Waals surface area contributed by atoms with Gasteiger partial charge >= 0.3 is 0 Å². The zero-order valence-corrected chi connectivity index (χ0v) is 22.2. The quantitative estimate of drug-likeness (QED) is 0.554. The lowest BCUT2D eigenvalue weighted by Crippen LogP contribution is -2.57. The zero-order chi connectivity index (χ0) is 24.2. The first-order valence-corrected chi connectivity index (χ1v) is 15.5. The van der Waals surface area contributed by atoms with Crippen LogP contribution < -0.4 is 0 Å². The Morgan fingerprint density at radius 2 is 1.71 bits per heavy atom. The molecule has 0 bridgehead atoms. The van der Waals surface area contributed by atoms with E-state index in [9.17, 15) is 13.2 Å². The first kappa shape index (κ1) is 24.2. The second kappa shape index (κ2) is 9.30. The first-order chi connectivity index (χ1) is 16.9. The standard InChI is InChI=1S/C27H38ClN3O3S/c28-21-9-11-23(12-10-21)35(33,34)31-24(20-7-8-20)5-3-6-25(31)27(13-14-27)18-26(32)30-17-16-29-15-2-1-4-22(29)19-30/h9-12,20,22,24-25H,1-8,13-19H2/t22-,24-,25+/m0/s1. The Kier molecular flexibility index (Phi) is 6.43. The number of piperazine rings is 1. The van der Waals surface area contributed by atoms with Gasteiger partial charge in [-0.2, -0.15) is 4.31 Å². The van der Waals surface area contributed by atoms with E-state index in [0.29, 0.717) is 28.3 Å². The molecule has 6 rings (SSSR count). The Bertz CT molecular complexity index is 1050. The second-order valence-corrected chi connectivity index (χ2v) is 14.0. The Hall–Kier alpha value is -1.15. The van der Waals surface area contributed by atoms with Crippen LogP contribution in [0.5, 0.6) is 0 Å². The fraction of sp³-hybridized carbons (Fsp3) is 0.741. The van der Waals surface area contributed by atoms with Gasteiger partial charge in [0.25, 0.3) is 0 Å². The molecule has 1 aromatic rings. The number of piperidine rings is 2. The molecular weight excluding hydrogens is 482 g/mol. The third-order valence-electron chi connectivity index (χ3n) is 9.46. The van der Waals surface area contributed by atoms with Crippen LogP contribution in [0, 0.1) is 11.3 Å². The summed E-state index contributed by atoms with van der Waals surface area (Å²) in [5, 5.41) is 0.542. The van der Waals surface area contributed by atoms with Crippen LogP contribution in [0.4, 0.5) is 0 Å². The van der Waals surface area contributed by atoms with E-state index < -0.39 is 10.0 Å². The fourth-order valence-electron chi connectivity index (χ4n) is 7.16. The van der Waals surface area contributed by atoms with E-state index in [1.54, 1.807) is 24.3 Å². The van der Waals surface area contributed by atoms with E-state index in [1.807, 2.05) is 4.31 Å². The maximum absolute atomic E-state index is 14.1. The van der Waals surface area contributed by atoms with Crippen molar-refractivity contribution in [1.82, 2.24) is 14.1 Å². The number of fused-ring (bicyclic) bond motifs is 1. The predicted molar refractivity (Wildman–Crippen MR) is 137 cm³/mol. The van der Waals surface area contributed by atoms with Crippen LogP contribution in [0.25, 0.3) is 0 Å². The number of hydrogen-bond donors (Lipinski definition) is 0. The van der Waals surface area contributed by atoms with E-state index >= 15 is 0 Å². The summed E-state index contributed by atoms with van der Waals surface area (Å²) >= 11 is 6.07. The van der Waals surface area contributed by atoms with Crippen LogP contribution in [0.1, 0.15) is 70.6 Å². The van der Waals surface area contributed by atoms with Gasteiger partial charge in [0.2, 0.25) is 15.9 Å². The number of carbonyl (C=O) groups is 1. The summed E-state index contributed by atoms with van der Waals surface area (Å²) in [6, 6.07) is 7.10. The number of nitrogens with zero attached hydrogens (tertiary/aromatic N) is 3. The zero-order valence-electron chi connectivity index (χ0n) is 20.6. The largest absolute Gasteiger partial charge is 0.340 e. The second-order valence-electron chi connectivity index (χ2n) is 11.7. The van der Waals surface area contributed by atoms with E-state index in [1.165, 1.54) is 25.8 Å². The molecule has 1 amide bonds. The molecule has 1 aromatic carbocycles. The molecule has 2 aliphatic carbocycles. The first-order valence-electron chi connectivity index (χ1n) is 13.7. The van der Waals surface area contributed by atoms with Crippen LogP contribution in [0.2, 0.25) is 5.02 Å². The minimum atomic E-state index is -3.66. The van der Waals surface area contributed by atoms with Crippen LogP contribution in [-0.4, -0.2) is 72.7 Å². The molecular formula is C27H38ClN3O3S. The van der Waals surface area contributed by atoms with Gasteiger partial charge in [-0.05, 0) is 93.5 Å². The molecule has 5 aliphatic rings. The summed E-state index contributed by atoms with van der Waals surface area (Å²) in [7, 11) is -3.66. The van der Waals surface area contributed by atoms with Gasteiger partial charge in [0.05, 0.1) is 4.90 Å². The molecule has 3 atom stereocenters. The highest BCUT2D eigenvalue weighted by Crippen LogP contribution is 2.58. The summed E-state index contributed by atoms with van der Waals surface area (Å²) < 4.78 is 30.0. The van der Waals surface area contributed by atoms with Gasteiger partial charge in [-0.3, -0.25) is 9.69 Å². The molecule has 0 spiro atoms. The highest BCUT2D eigenvalue weighted by Gasteiger charge is 2.59. The smallest absolute Gasteiger partial charge is 0.243 e. The van der Waals surface area contributed by atoms with Crippen molar-refractivity contribution in [2.45, 2.75) is 93.7 Å². The van der Waals surface area contributed by atoms with Gasteiger partial charge in [-0.25, -0.2) is 8.42 Å². The Morgan fingerprint density at radius 1 is 0.943 bits per heavy atom. The van der Waals surface area contributed by atoms with Crippen molar-refractivity contribution in [3.63, 3.8) is 0 Å². The van der Waals surface area contributed by atoms with Crippen molar-refractivity contribution < 1.29 is 13.2 Å². The summed E-state index contributed by atoms with van der Waals surface area (Å²) in [5.74, 6) is 0.705.